The molecule has 1 aliphatic rings. The van der Waals surface area contributed by atoms with Gasteiger partial charge in [0.15, 0.2) is 0 Å². The van der Waals surface area contributed by atoms with Gasteiger partial charge < -0.3 is 10.6 Å². The number of carbonyl (C=O) groups excluding carboxylic acids is 1. The second-order valence-electron chi connectivity index (χ2n) is 6.34. The number of amides is 1. The number of nitrogens with one attached hydrogen (secondary N) is 2. The van der Waals surface area contributed by atoms with E-state index < -0.39 is 16.1 Å². The van der Waals surface area contributed by atoms with Gasteiger partial charge in [-0.2, -0.15) is 5.26 Å². The van der Waals surface area contributed by atoms with Gasteiger partial charge in [0.05, 0.1) is 23.1 Å². The molecular weight excluding hydrogens is 364 g/mol. The molecule has 27 heavy (non-hydrogen) atoms. The van der Waals surface area contributed by atoms with E-state index in [9.17, 15) is 13.2 Å². The molecule has 0 radical (unpaired) electrons. The van der Waals surface area contributed by atoms with Crippen LogP contribution in [0.4, 0.5) is 17.1 Å². The number of benzene rings is 2. The van der Waals surface area contributed by atoms with Crippen molar-refractivity contribution in [3.63, 3.8) is 0 Å². The minimum Gasteiger partial charge on any atom is -0.374 e. The lowest BCUT2D eigenvalue weighted by atomic mass is 10.2. The first-order valence-electron chi connectivity index (χ1n) is 8.57. The second kappa shape index (κ2) is 7.68. The van der Waals surface area contributed by atoms with Crippen molar-refractivity contribution in [3.05, 3.63) is 54.1 Å². The summed E-state index contributed by atoms with van der Waals surface area (Å²) in [6.07, 6.45) is 0.631. The molecule has 1 unspecified atom stereocenters. The Kier molecular flexibility index (Phi) is 5.33. The number of hydrogen-bond acceptors (Lipinski definition) is 5. The van der Waals surface area contributed by atoms with Crippen LogP contribution in [-0.2, 0) is 14.8 Å². The smallest absolute Gasteiger partial charge is 0.246 e. The van der Waals surface area contributed by atoms with Crippen molar-refractivity contribution in [2.75, 3.05) is 27.2 Å². The number of sulfonamides is 1. The molecule has 2 aromatic rings. The number of hydrogen-bond donors (Lipinski definition) is 2. The van der Waals surface area contributed by atoms with E-state index >= 15 is 0 Å². The maximum absolute atomic E-state index is 12.3. The highest BCUT2D eigenvalue weighted by molar-refractivity contribution is 7.93. The minimum absolute atomic E-state index is 0.178. The average Bonchev–Trinajstić information content (AvgIpc) is 3.01. The van der Waals surface area contributed by atoms with Crippen LogP contribution in [0.25, 0.3) is 0 Å². The third kappa shape index (κ3) is 4.38. The van der Waals surface area contributed by atoms with E-state index in [2.05, 4.69) is 10.6 Å². The highest BCUT2D eigenvalue weighted by Gasteiger charge is 2.28. The fourth-order valence-corrected chi connectivity index (χ4v) is 4.45. The Morgan fingerprint density at radius 2 is 1.93 bits per heavy atom. The van der Waals surface area contributed by atoms with Gasteiger partial charge in [-0.05, 0) is 55.8 Å². The predicted octanol–water partition coefficient (Wildman–Crippen LogP) is 2.54. The third-order valence-electron chi connectivity index (χ3n) is 4.29. The van der Waals surface area contributed by atoms with Gasteiger partial charge in [-0.15, -0.1) is 0 Å². The third-order valence-corrected chi connectivity index (χ3v) is 6.16. The van der Waals surface area contributed by atoms with Crippen LogP contribution < -0.4 is 14.9 Å². The van der Waals surface area contributed by atoms with Gasteiger partial charge in [-0.1, -0.05) is 6.07 Å². The molecule has 1 heterocycles. The topological polar surface area (TPSA) is 102 Å². The molecule has 1 aliphatic heterocycles. The van der Waals surface area contributed by atoms with Crippen LogP contribution in [0.3, 0.4) is 0 Å². The summed E-state index contributed by atoms with van der Waals surface area (Å²) >= 11 is 0. The number of anilines is 3. The van der Waals surface area contributed by atoms with Gasteiger partial charge in [0, 0.05) is 17.9 Å². The lowest BCUT2D eigenvalue weighted by Crippen LogP contribution is -2.31. The van der Waals surface area contributed by atoms with Crippen LogP contribution in [0.2, 0.25) is 0 Å². The normalized spacial score (nSPS) is 16.4. The minimum atomic E-state index is -3.20. The van der Waals surface area contributed by atoms with Crippen LogP contribution in [0.5, 0.6) is 0 Å². The molecule has 0 aromatic heterocycles. The zero-order valence-corrected chi connectivity index (χ0v) is 15.7. The van der Waals surface area contributed by atoms with Crippen LogP contribution in [0.15, 0.2) is 48.5 Å². The summed E-state index contributed by atoms with van der Waals surface area (Å²) in [6, 6.07) is 15.2. The number of nitriles is 1. The maximum atomic E-state index is 12.3. The molecule has 0 aliphatic carbocycles. The zero-order chi connectivity index (χ0) is 19.4. The maximum Gasteiger partial charge on any atom is 0.246 e. The second-order valence-corrected chi connectivity index (χ2v) is 8.35. The Labute approximate surface area is 158 Å². The fourth-order valence-electron chi connectivity index (χ4n) is 2.89. The van der Waals surface area contributed by atoms with Gasteiger partial charge in [0.2, 0.25) is 15.9 Å². The number of rotatable bonds is 5. The Morgan fingerprint density at radius 1 is 1.19 bits per heavy atom. The molecule has 0 bridgehead atoms. The van der Waals surface area contributed by atoms with Gasteiger partial charge in [0.25, 0.3) is 0 Å². The van der Waals surface area contributed by atoms with Crippen molar-refractivity contribution in [2.45, 2.75) is 19.4 Å². The van der Waals surface area contributed by atoms with E-state index in [0.29, 0.717) is 35.6 Å². The van der Waals surface area contributed by atoms with Gasteiger partial charge >= 0.3 is 0 Å². The van der Waals surface area contributed by atoms with E-state index in [0.717, 1.165) is 0 Å². The standard InChI is InChI=1S/C19H20N4O3S/c1-14(19(24)22-17-5-2-4-15(12-17)13-20)21-16-6-8-18(9-7-16)23-10-3-11-27(23,25)26/h2,4-9,12,14,21H,3,10-11H2,1H3,(H,22,24). The summed E-state index contributed by atoms with van der Waals surface area (Å²) in [5.74, 6) is -0.0618. The lowest BCUT2D eigenvalue weighted by Gasteiger charge is -2.19. The van der Waals surface area contributed by atoms with E-state index in [-0.39, 0.29) is 11.7 Å². The number of carbonyl (C=O) groups is 1. The van der Waals surface area contributed by atoms with Crippen molar-refractivity contribution >= 4 is 33.0 Å². The number of nitrogens with zero attached hydrogens (tertiary/aromatic N) is 2. The molecule has 2 N–H and O–H groups in total. The molecular formula is C19H20N4O3S. The highest BCUT2D eigenvalue weighted by atomic mass is 32.2. The van der Waals surface area contributed by atoms with Crippen molar-refractivity contribution in [3.8, 4) is 6.07 Å². The van der Waals surface area contributed by atoms with E-state index in [1.54, 1.807) is 55.5 Å². The molecule has 1 amide bonds. The SMILES string of the molecule is CC(Nc1ccc(N2CCCS2(=O)=O)cc1)C(=O)Nc1cccc(C#N)c1. The molecule has 1 atom stereocenters. The Bertz CT molecular complexity index is 981. The van der Waals surface area contributed by atoms with Crippen LogP contribution in [0, 0.1) is 11.3 Å². The Hall–Kier alpha value is -3.05. The van der Waals surface area contributed by atoms with Gasteiger partial charge in [-0.25, -0.2) is 8.42 Å². The fraction of sp³-hybridized carbons (Fsp3) is 0.263. The first kappa shape index (κ1) is 18.7. The van der Waals surface area contributed by atoms with Crippen molar-refractivity contribution in [1.29, 1.82) is 5.26 Å². The average molecular weight is 384 g/mol. The summed E-state index contributed by atoms with van der Waals surface area (Å²) in [4.78, 5) is 12.3. The molecule has 0 saturated carbocycles. The lowest BCUT2D eigenvalue weighted by molar-refractivity contribution is -0.116. The molecule has 1 saturated heterocycles. The van der Waals surface area contributed by atoms with Crippen molar-refractivity contribution in [2.24, 2.45) is 0 Å². The van der Waals surface area contributed by atoms with E-state index in [1.807, 2.05) is 6.07 Å². The summed E-state index contributed by atoms with van der Waals surface area (Å²) in [6.45, 7) is 2.22. The van der Waals surface area contributed by atoms with Crippen LogP contribution >= 0.6 is 0 Å². The Balaban J connectivity index is 1.62. The van der Waals surface area contributed by atoms with Crippen LogP contribution in [-0.4, -0.2) is 32.7 Å². The Morgan fingerprint density at radius 3 is 2.56 bits per heavy atom. The van der Waals surface area contributed by atoms with Crippen molar-refractivity contribution in [1.82, 2.24) is 0 Å². The summed E-state index contributed by atoms with van der Waals surface area (Å²) < 4.78 is 25.4. The first-order valence-corrected chi connectivity index (χ1v) is 10.2. The first-order chi connectivity index (χ1) is 12.9. The molecule has 1 fully saturated rings. The van der Waals surface area contributed by atoms with Crippen molar-refractivity contribution < 1.29 is 13.2 Å². The molecule has 7 nitrogen and oxygen atoms in total. The van der Waals surface area contributed by atoms with Gasteiger partial charge in [-0.3, -0.25) is 9.10 Å². The molecule has 0 spiro atoms. The molecule has 2 aromatic carbocycles. The van der Waals surface area contributed by atoms with Crippen LogP contribution in [0.1, 0.15) is 18.9 Å². The highest BCUT2D eigenvalue weighted by Crippen LogP contribution is 2.25. The largest absolute Gasteiger partial charge is 0.374 e. The molecule has 8 heteroatoms. The monoisotopic (exact) mass is 384 g/mol. The van der Waals surface area contributed by atoms with E-state index in [1.165, 1.54) is 4.31 Å². The molecule has 3 rings (SSSR count). The predicted molar refractivity (Wildman–Crippen MR) is 105 cm³/mol. The van der Waals surface area contributed by atoms with Gasteiger partial charge in [0.1, 0.15) is 6.04 Å². The van der Waals surface area contributed by atoms with E-state index in [4.69, 9.17) is 5.26 Å². The summed E-state index contributed by atoms with van der Waals surface area (Å²) in [5, 5.41) is 14.8. The quantitative estimate of drug-likeness (QED) is 0.825. The zero-order valence-electron chi connectivity index (χ0n) is 14.8. The molecule has 140 valence electrons. The summed E-state index contributed by atoms with van der Waals surface area (Å²) in [5.41, 5.74) is 2.37. The summed E-state index contributed by atoms with van der Waals surface area (Å²) in [7, 11) is -3.20.